The van der Waals surface area contributed by atoms with E-state index in [0.29, 0.717) is 0 Å². The maximum absolute atomic E-state index is 8.91. The van der Waals surface area contributed by atoms with Crippen LogP contribution in [-0.2, 0) is 17.1 Å². The summed E-state index contributed by atoms with van der Waals surface area (Å²) in [4.78, 5) is 0. The van der Waals surface area contributed by atoms with Crippen molar-refractivity contribution in [1.29, 1.82) is 0 Å². The minimum absolute atomic E-state index is 0. The van der Waals surface area contributed by atoms with Gasteiger partial charge in [-0.15, -0.1) is 0 Å². The normalized spacial score (nSPS) is 19.7. The Labute approximate surface area is 71.7 Å². The summed E-state index contributed by atoms with van der Waals surface area (Å²) in [5, 5.41) is 8.91. The third-order valence-electron chi connectivity index (χ3n) is 1.57. The van der Waals surface area contributed by atoms with Crippen LogP contribution in [0.25, 0.3) is 0 Å². The van der Waals surface area contributed by atoms with E-state index in [9.17, 15) is 0 Å². The molecule has 0 aromatic carbocycles. The smallest absolute Gasteiger partial charge is 0.0540 e. The number of hydrogen-bond acceptors (Lipinski definition) is 1. The van der Waals surface area contributed by atoms with Crippen molar-refractivity contribution in [2.75, 3.05) is 0 Å². The Hall–Kier alpha value is 0.696. The Morgan fingerprint density at radius 3 is 1.67 bits per heavy atom. The van der Waals surface area contributed by atoms with E-state index in [1.807, 2.05) is 0 Å². The molecule has 0 bridgehead atoms. The first kappa shape index (κ1) is 12.4. The largest absolute Gasteiger partial charge is 0.393 e. The van der Waals surface area contributed by atoms with Crippen molar-refractivity contribution in [2.24, 2.45) is 0 Å². The van der Waals surface area contributed by atoms with Gasteiger partial charge in [0.2, 0.25) is 0 Å². The molecule has 1 saturated carbocycles. The fourth-order valence-electron chi connectivity index (χ4n) is 1.08. The molecule has 0 spiro atoms. The van der Waals surface area contributed by atoms with Gasteiger partial charge in [-0.3, -0.25) is 0 Å². The fraction of sp³-hybridized carbons (Fsp3) is 1.00. The zero-order valence-electron chi connectivity index (χ0n) is 5.36. The van der Waals surface area contributed by atoms with E-state index in [-0.39, 0.29) is 34.1 Å². The van der Waals surface area contributed by atoms with E-state index in [1.54, 1.807) is 0 Å². The molecule has 1 fully saturated rings. The fourth-order valence-corrected chi connectivity index (χ4v) is 1.08. The number of aliphatic hydroxyl groups excluding tert-OH is 1. The molecule has 0 saturated heterocycles. The summed E-state index contributed by atoms with van der Waals surface area (Å²) >= 11 is 0. The Kier molecular flexibility index (Phi) is 9.37. The average molecular weight is 192 g/mol. The van der Waals surface area contributed by atoms with Crippen molar-refractivity contribution in [2.45, 2.75) is 38.2 Å². The number of aliphatic hydroxyl groups is 1. The summed E-state index contributed by atoms with van der Waals surface area (Å²) in [5.74, 6) is 0. The molecule has 3 heteroatoms. The summed E-state index contributed by atoms with van der Waals surface area (Å²) in [5.41, 5.74) is 0. The van der Waals surface area contributed by atoms with Gasteiger partial charge >= 0.3 is 0 Å². The zero-order valence-corrected chi connectivity index (χ0v) is 7.30. The summed E-state index contributed by atoms with van der Waals surface area (Å²) in [6, 6.07) is 0. The first-order chi connectivity index (χ1) is 3.39. The molecule has 0 aromatic heterocycles. The quantitative estimate of drug-likeness (QED) is 0.565. The predicted octanol–water partition coefficient (Wildman–Crippen LogP) is 0.928. The van der Waals surface area contributed by atoms with Crippen LogP contribution in [-0.4, -0.2) is 22.2 Å². The van der Waals surface area contributed by atoms with Crippen molar-refractivity contribution in [3.05, 3.63) is 0 Å². The molecule has 1 N–H and O–H groups in total. The monoisotopic (exact) mass is 191 g/mol. The topological polar surface area (TPSA) is 20.2 Å². The number of hydrogen-bond donors (Lipinski definition) is 1. The van der Waals surface area contributed by atoms with Crippen LogP contribution in [0.3, 0.4) is 0 Å². The molecule has 0 aromatic rings. The molecule has 1 aliphatic carbocycles. The first-order valence-corrected chi connectivity index (χ1v) is 3.07. The second-order valence-electron chi connectivity index (χ2n) is 2.29. The van der Waals surface area contributed by atoms with Gasteiger partial charge in [0.1, 0.15) is 0 Å². The van der Waals surface area contributed by atoms with Gasteiger partial charge in [-0.2, -0.15) is 0 Å². The predicted molar refractivity (Wildman–Crippen MR) is 34.8 cm³/mol. The minimum Gasteiger partial charge on any atom is -0.393 e. The van der Waals surface area contributed by atoms with Gasteiger partial charge < -0.3 is 5.11 Å². The Bertz CT molecular complexity index is 55.0. The Morgan fingerprint density at radius 2 is 1.44 bits per heavy atom. The maximum Gasteiger partial charge on any atom is 0.0540 e. The van der Waals surface area contributed by atoms with E-state index in [2.05, 4.69) is 0 Å². The third-order valence-corrected chi connectivity index (χ3v) is 1.57. The van der Waals surface area contributed by atoms with Crippen LogP contribution >= 0.6 is 0 Å². The maximum atomic E-state index is 8.91. The molecule has 1 rings (SSSR count). The van der Waals surface area contributed by atoms with E-state index in [4.69, 9.17) is 5.11 Å². The molecule has 5 radical (unpaired) electrons. The van der Waals surface area contributed by atoms with Gasteiger partial charge in [0.25, 0.3) is 0 Å². The zero-order chi connectivity index (χ0) is 5.11. The molecule has 9 heavy (non-hydrogen) atoms. The van der Waals surface area contributed by atoms with Crippen molar-refractivity contribution >= 4 is 11.0 Å². The van der Waals surface area contributed by atoms with Crippen molar-refractivity contribution in [3.63, 3.8) is 0 Å². The van der Waals surface area contributed by atoms with Gasteiger partial charge in [0.15, 0.2) is 0 Å². The SMILES string of the molecule is OC1CCCCC1.[Cu].[Si]. The van der Waals surface area contributed by atoms with Gasteiger partial charge in [-0.1, -0.05) is 19.3 Å². The minimum atomic E-state index is 0. The molecule has 0 atom stereocenters. The van der Waals surface area contributed by atoms with Crippen LogP contribution in [0.5, 0.6) is 0 Å². The summed E-state index contributed by atoms with van der Waals surface area (Å²) < 4.78 is 0. The van der Waals surface area contributed by atoms with Crippen LogP contribution in [0.15, 0.2) is 0 Å². The van der Waals surface area contributed by atoms with E-state index in [1.165, 1.54) is 19.3 Å². The average Bonchev–Trinajstić information content (AvgIpc) is 1.69. The van der Waals surface area contributed by atoms with Crippen LogP contribution in [0, 0.1) is 0 Å². The molecule has 57 valence electrons. The third kappa shape index (κ3) is 5.16. The van der Waals surface area contributed by atoms with Gasteiger partial charge in [0, 0.05) is 28.0 Å². The molecule has 0 aliphatic heterocycles. The van der Waals surface area contributed by atoms with Crippen molar-refractivity contribution in [3.8, 4) is 0 Å². The van der Waals surface area contributed by atoms with Crippen LogP contribution in [0.2, 0.25) is 0 Å². The van der Waals surface area contributed by atoms with Crippen molar-refractivity contribution < 1.29 is 22.2 Å². The van der Waals surface area contributed by atoms with Crippen LogP contribution in [0.4, 0.5) is 0 Å². The Morgan fingerprint density at radius 1 is 1.00 bits per heavy atom. The first-order valence-electron chi connectivity index (χ1n) is 3.07. The van der Waals surface area contributed by atoms with E-state index < -0.39 is 0 Å². The Balaban J connectivity index is 0. The second kappa shape index (κ2) is 6.81. The molecular formula is C6H12CuOSi. The molecule has 0 unspecified atom stereocenters. The van der Waals surface area contributed by atoms with Crippen LogP contribution in [0.1, 0.15) is 32.1 Å². The van der Waals surface area contributed by atoms with E-state index in [0.717, 1.165) is 12.8 Å². The second-order valence-corrected chi connectivity index (χ2v) is 2.29. The standard InChI is InChI=1S/C6H12O.Cu.Si/c7-6-4-2-1-3-5-6;;/h6-7H,1-5H2;;. The van der Waals surface area contributed by atoms with E-state index >= 15 is 0 Å². The number of rotatable bonds is 0. The summed E-state index contributed by atoms with van der Waals surface area (Å²) in [6.45, 7) is 0. The van der Waals surface area contributed by atoms with Crippen molar-refractivity contribution in [1.82, 2.24) is 0 Å². The summed E-state index contributed by atoms with van der Waals surface area (Å²) in [6.07, 6.45) is 5.92. The summed E-state index contributed by atoms with van der Waals surface area (Å²) in [7, 11) is 0. The van der Waals surface area contributed by atoms with Crippen LogP contribution < -0.4 is 0 Å². The molecule has 1 nitrogen and oxygen atoms in total. The molecule has 0 heterocycles. The van der Waals surface area contributed by atoms with Gasteiger partial charge in [-0.25, -0.2) is 0 Å². The molecule has 1 aliphatic rings. The van der Waals surface area contributed by atoms with Gasteiger partial charge in [0.05, 0.1) is 6.10 Å². The van der Waals surface area contributed by atoms with Gasteiger partial charge in [-0.05, 0) is 12.8 Å². The molecule has 0 amide bonds. The molecular weight excluding hydrogens is 180 g/mol.